The Morgan fingerprint density at radius 3 is 2.44 bits per heavy atom. The molecule has 0 amide bonds. The molecule has 0 heterocycles. The molecule has 0 saturated heterocycles. The van der Waals surface area contributed by atoms with Crippen molar-refractivity contribution in [2.24, 2.45) is 5.92 Å². The van der Waals surface area contributed by atoms with Gasteiger partial charge in [0.1, 0.15) is 18.1 Å². The molecule has 0 fully saturated rings. The summed E-state index contributed by atoms with van der Waals surface area (Å²) in [7, 11) is 0. The van der Waals surface area contributed by atoms with Crippen molar-refractivity contribution in [2.75, 3.05) is 13.2 Å². The smallest absolute Gasteiger partial charge is 0.172 e. The first kappa shape index (κ1) is 12.6. The van der Waals surface area contributed by atoms with Crippen LogP contribution in [0, 0.1) is 5.92 Å². The van der Waals surface area contributed by atoms with E-state index in [4.69, 9.17) is 9.47 Å². The van der Waals surface area contributed by atoms with E-state index >= 15 is 0 Å². The van der Waals surface area contributed by atoms with Crippen LogP contribution in [0.4, 0.5) is 0 Å². The fourth-order valence-electron chi connectivity index (χ4n) is 1.14. The molecule has 0 atom stereocenters. The van der Waals surface area contributed by atoms with E-state index in [1.54, 1.807) is 6.07 Å². The van der Waals surface area contributed by atoms with Gasteiger partial charge in [0, 0.05) is 12.0 Å². The average molecular weight is 222 g/mol. The quantitative estimate of drug-likeness (QED) is 0.742. The maximum absolute atomic E-state index is 11.4. The zero-order valence-electron chi connectivity index (χ0n) is 10.0. The SMILES string of the molecule is CCOc1cccc(OCC(=O)C(C)C)c1. The van der Waals surface area contributed by atoms with Crippen LogP contribution >= 0.6 is 0 Å². The number of Topliss-reactive ketones (excluding diaryl/α,β-unsaturated/α-hetero) is 1. The van der Waals surface area contributed by atoms with Gasteiger partial charge in [-0.05, 0) is 19.1 Å². The molecule has 0 aromatic heterocycles. The molecule has 88 valence electrons. The molecule has 3 heteroatoms. The molecule has 0 unspecified atom stereocenters. The van der Waals surface area contributed by atoms with Gasteiger partial charge in [-0.3, -0.25) is 4.79 Å². The van der Waals surface area contributed by atoms with E-state index in [1.807, 2.05) is 39.0 Å². The molecule has 3 nitrogen and oxygen atoms in total. The molecule has 0 aliphatic heterocycles. The summed E-state index contributed by atoms with van der Waals surface area (Å²) in [6, 6.07) is 7.31. The van der Waals surface area contributed by atoms with Gasteiger partial charge in [0.15, 0.2) is 5.78 Å². The number of ketones is 1. The van der Waals surface area contributed by atoms with Crippen LogP contribution in [-0.4, -0.2) is 19.0 Å². The van der Waals surface area contributed by atoms with Crippen LogP contribution in [0.1, 0.15) is 20.8 Å². The van der Waals surface area contributed by atoms with Crippen LogP contribution in [0.2, 0.25) is 0 Å². The molecule has 0 saturated carbocycles. The normalized spacial score (nSPS) is 10.2. The maximum atomic E-state index is 11.4. The minimum Gasteiger partial charge on any atom is -0.494 e. The first-order chi connectivity index (χ1) is 7.63. The predicted octanol–water partition coefficient (Wildman–Crippen LogP) is 2.69. The minimum atomic E-state index is 0.00933. The van der Waals surface area contributed by atoms with Gasteiger partial charge in [-0.2, -0.15) is 0 Å². The van der Waals surface area contributed by atoms with Gasteiger partial charge in [-0.25, -0.2) is 0 Å². The van der Waals surface area contributed by atoms with Gasteiger partial charge >= 0.3 is 0 Å². The lowest BCUT2D eigenvalue weighted by atomic mass is 10.1. The van der Waals surface area contributed by atoms with E-state index in [9.17, 15) is 4.79 Å². The van der Waals surface area contributed by atoms with Crippen molar-refractivity contribution < 1.29 is 14.3 Å². The highest BCUT2D eigenvalue weighted by atomic mass is 16.5. The molecule has 16 heavy (non-hydrogen) atoms. The summed E-state index contributed by atoms with van der Waals surface area (Å²) in [5, 5.41) is 0. The van der Waals surface area contributed by atoms with Gasteiger partial charge in [-0.15, -0.1) is 0 Å². The Hall–Kier alpha value is -1.51. The molecule has 1 rings (SSSR count). The van der Waals surface area contributed by atoms with E-state index in [0.717, 1.165) is 5.75 Å². The molecule has 0 radical (unpaired) electrons. The van der Waals surface area contributed by atoms with Crippen molar-refractivity contribution in [3.63, 3.8) is 0 Å². The number of carbonyl (C=O) groups is 1. The maximum Gasteiger partial charge on any atom is 0.172 e. The Balaban J connectivity index is 2.53. The van der Waals surface area contributed by atoms with Crippen molar-refractivity contribution in [1.82, 2.24) is 0 Å². The van der Waals surface area contributed by atoms with Crippen molar-refractivity contribution in [2.45, 2.75) is 20.8 Å². The first-order valence-electron chi connectivity index (χ1n) is 5.52. The van der Waals surface area contributed by atoms with Crippen LogP contribution in [0.3, 0.4) is 0 Å². The van der Waals surface area contributed by atoms with Crippen molar-refractivity contribution in [1.29, 1.82) is 0 Å². The number of rotatable bonds is 6. The Kier molecular flexibility index (Phi) is 4.83. The zero-order valence-corrected chi connectivity index (χ0v) is 10.0. The number of hydrogen-bond donors (Lipinski definition) is 0. The van der Waals surface area contributed by atoms with E-state index in [0.29, 0.717) is 12.4 Å². The largest absolute Gasteiger partial charge is 0.494 e. The van der Waals surface area contributed by atoms with E-state index in [2.05, 4.69) is 0 Å². The van der Waals surface area contributed by atoms with E-state index < -0.39 is 0 Å². The molecule has 0 spiro atoms. The van der Waals surface area contributed by atoms with Crippen LogP contribution < -0.4 is 9.47 Å². The van der Waals surface area contributed by atoms with Crippen molar-refractivity contribution in [3.05, 3.63) is 24.3 Å². The second-order valence-corrected chi connectivity index (χ2v) is 3.82. The molecule has 1 aromatic rings. The fraction of sp³-hybridized carbons (Fsp3) is 0.462. The summed E-state index contributed by atoms with van der Waals surface area (Å²) in [6.07, 6.45) is 0. The van der Waals surface area contributed by atoms with Crippen molar-refractivity contribution >= 4 is 5.78 Å². The molecular weight excluding hydrogens is 204 g/mol. The third kappa shape index (κ3) is 3.93. The third-order valence-electron chi connectivity index (χ3n) is 2.14. The standard InChI is InChI=1S/C13H18O3/c1-4-15-11-6-5-7-12(8-11)16-9-13(14)10(2)3/h5-8,10H,4,9H2,1-3H3. The third-order valence-corrected chi connectivity index (χ3v) is 2.14. The van der Waals surface area contributed by atoms with Gasteiger partial charge in [0.2, 0.25) is 0 Å². The van der Waals surface area contributed by atoms with Gasteiger partial charge < -0.3 is 9.47 Å². The van der Waals surface area contributed by atoms with Crippen LogP contribution in [0.5, 0.6) is 11.5 Å². The molecule has 0 aliphatic rings. The first-order valence-corrected chi connectivity index (χ1v) is 5.52. The molecule has 0 N–H and O–H groups in total. The average Bonchev–Trinajstić information content (AvgIpc) is 2.26. The topological polar surface area (TPSA) is 35.5 Å². The Morgan fingerprint density at radius 1 is 1.25 bits per heavy atom. The summed E-state index contributed by atoms with van der Waals surface area (Å²) in [4.78, 5) is 11.4. The number of carbonyl (C=O) groups excluding carboxylic acids is 1. The Bertz CT molecular complexity index is 345. The number of benzene rings is 1. The number of ether oxygens (including phenoxy) is 2. The molecule has 0 bridgehead atoms. The Labute approximate surface area is 96.4 Å². The van der Waals surface area contributed by atoms with Gasteiger partial charge in [0.05, 0.1) is 6.61 Å². The fourth-order valence-corrected chi connectivity index (χ4v) is 1.14. The molecule has 1 aromatic carbocycles. The zero-order chi connectivity index (χ0) is 12.0. The highest BCUT2D eigenvalue weighted by molar-refractivity contribution is 5.81. The van der Waals surface area contributed by atoms with E-state index in [-0.39, 0.29) is 18.3 Å². The molecular formula is C13H18O3. The van der Waals surface area contributed by atoms with Crippen molar-refractivity contribution in [3.8, 4) is 11.5 Å². The van der Waals surface area contributed by atoms with E-state index in [1.165, 1.54) is 0 Å². The van der Waals surface area contributed by atoms with Crippen LogP contribution in [-0.2, 0) is 4.79 Å². The van der Waals surface area contributed by atoms with Crippen LogP contribution in [0.25, 0.3) is 0 Å². The summed E-state index contributed by atoms with van der Waals surface area (Å²) in [6.45, 7) is 6.39. The lowest BCUT2D eigenvalue weighted by Crippen LogP contribution is -2.16. The monoisotopic (exact) mass is 222 g/mol. The van der Waals surface area contributed by atoms with Crippen LogP contribution in [0.15, 0.2) is 24.3 Å². The summed E-state index contributed by atoms with van der Waals surface area (Å²) in [5.41, 5.74) is 0. The second-order valence-electron chi connectivity index (χ2n) is 3.82. The summed E-state index contributed by atoms with van der Waals surface area (Å²) in [5.74, 6) is 1.54. The lowest BCUT2D eigenvalue weighted by molar-refractivity contribution is -0.123. The Morgan fingerprint density at radius 2 is 1.88 bits per heavy atom. The minimum absolute atomic E-state index is 0.00933. The number of hydrogen-bond acceptors (Lipinski definition) is 3. The predicted molar refractivity (Wildman–Crippen MR) is 63.0 cm³/mol. The lowest BCUT2D eigenvalue weighted by Gasteiger charge is -2.09. The molecule has 0 aliphatic carbocycles. The van der Waals surface area contributed by atoms with Gasteiger partial charge in [-0.1, -0.05) is 19.9 Å². The summed E-state index contributed by atoms with van der Waals surface area (Å²) < 4.78 is 10.7. The highest BCUT2D eigenvalue weighted by Gasteiger charge is 2.07. The summed E-state index contributed by atoms with van der Waals surface area (Å²) >= 11 is 0. The highest BCUT2D eigenvalue weighted by Crippen LogP contribution is 2.19. The second kappa shape index (κ2) is 6.16. The van der Waals surface area contributed by atoms with Gasteiger partial charge in [0.25, 0.3) is 0 Å².